The molecule has 0 fully saturated rings. The Labute approximate surface area is 123 Å². The number of likely N-dealkylation sites (N-methyl/N-ethyl adjacent to an activating group) is 1. The highest BCUT2D eigenvalue weighted by Crippen LogP contribution is 2.12. The number of nitrogens with one attached hydrogen (secondary N) is 1. The largest absolute Gasteiger partial charge is 0.484 e. The fraction of sp³-hybridized carbons (Fsp3) is 0.357. The van der Waals surface area contributed by atoms with E-state index in [0.717, 1.165) is 11.4 Å². The molecule has 0 aliphatic rings. The molecule has 1 heterocycles. The second-order valence-electron chi connectivity index (χ2n) is 4.72. The Hall–Kier alpha value is -2.41. The monoisotopic (exact) mass is 289 g/mol. The number of H-pyrrole nitrogens is 1. The van der Waals surface area contributed by atoms with Crippen molar-refractivity contribution in [2.75, 3.05) is 13.7 Å². The highest BCUT2D eigenvalue weighted by atomic mass is 16.5. The molecule has 0 spiro atoms. The molecule has 1 amide bonds. The Morgan fingerprint density at radius 3 is 2.67 bits per heavy atom. The zero-order valence-electron chi connectivity index (χ0n) is 12.2. The summed E-state index contributed by atoms with van der Waals surface area (Å²) in [6.45, 7) is 2.62. The summed E-state index contributed by atoms with van der Waals surface area (Å²) in [6, 6.07) is 7.35. The van der Waals surface area contributed by atoms with E-state index in [9.17, 15) is 4.79 Å². The number of hydrogen-bond acceptors (Lipinski definition) is 5. The second-order valence-corrected chi connectivity index (χ2v) is 4.72. The van der Waals surface area contributed by atoms with E-state index in [0.29, 0.717) is 24.7 Å². The van der Waals surface area contributed by atoms with Gasteiger partial charge in [-0.05, 0) is 24.6 Å². The van der Waals surface area contributed by atoms with Crippen LogP contribution in [-0.4, -0.2) is 39.6 Å². The van der Waals surface area contributed by atoms with Gasteiger partial charge in [0.25, 0.3) is 5.91 Å². The molecule has 112 valence electrons. The number of amides is 1. The molecular formula is C14H19N5O2. The fourth-order valence-electron chi connectivity index (χ4n) is 1.74. The first-order valence-electron chi connectivity index (χ1n) is 6.62. The van der Waals surface area contributed by atoms with Gasteiger partial charge in [-0.3, -0.25) is 9.89 Å². The van der Waals surface area contributed by atoms with Crippen molar-refractivity contribution in [2.45, 2.75) is 20.0 Å². The predicted octanol–water partition coefficient (Wildman–Crippen LogP) is 0.609. The molecule has 3 N–H and O–H groups in total. The first-order valence-corrected chi connectivity index (χ1v) is 6.62. The van der Waals surface area contributed by atoms with Crippen molar-refractivity contribution in [1.82, 2.24) is 20.1 Å². The van der Waals surface area contributed by atoms with Gasteiger partial charge >= 0.3 is 0 Å². The van der Waals surface area contributed by atoms with Gasteiger partial charge in [-0.15, -0.1) is 0 Å². The van der Waals surface area contributed by atoms with Gasteiger partial charge in [0.1, 0.15) is 11.6 Å². The van der Waals surface area contributed by atoms with E-state index >= 15 is 0 Å². The standard InChI is InChI=1S/C14H19N5O2/c1-10-16-13(18-17-10)8-19(2)14(20)9-21-12-5-3-11(7-15)4-6-12/h3-6H,7-9,15H2,1-2H3,(H,16,17,18). The molecule has 1 aromatic heterocycles. The van der Waals surface area contributed by atoms with E-state index in [-0.39, 0.29) is 12.5 Å². The summed E-state index contributed by atoms with van der Waals surface area (Å²) < 4.78 is 5.45. The van der Waals surface area contributed by atoms with Crippen molar-refractivity contribution in [3.8, 4) is 5.75 Å². The van der Waals surface area contributed by atoms with Gasteiger partial charge in [-0.2, -0.15) is 5.10 Å². The lowest BCUT2D eigenvalue weighted by molar-refractivity contribution is -0.132. The van der Waals surface area contributed by atoms with Crippen molar-refractivity contribution in [3.05, 3.63) is 41.5 Å². The van der Waals surface area contributed by atoms with Crippen LogP contribution in [0.25, 0.3) is 0 Å². The zero-order valence-corrected chi connectivity index (χ0v) is 12.2. The summed E-state index contributed by atoms with van der Waals surface area (Å²) in [5.74, 6) is 1.81. The molecule has 21 heavy (non-hydrogen) atoms. The van der Waals surface area contributed by atoms with Crippen LogP contribution in [0.4, 0.5) is 0 Å². The molecule has 0 aliphatic carbocycles. The summed E-state index contributed by atoms with van der Waals surface area (Å²) in [6.07, 6.45) is 0. The molecular weight excluding hydrogens is 270 g/mol. The van der Waals surface area contributed by atoms with Crippen LogP contribution in [-0.2, 0) is 17.9 Å². The topological polar surface area (TPSA) is 97.1 Å². The minimum atomic E-state index is -0.139. The second kappa shape index (κ2) is 6.85. The fourth-order valence-corrected chi connectivity index (χ4v) is 1.74. The average molecular weight is 289 g/mol. The maximum absolute atomic E-state index is 12.0. The first-order chi connectivity index (χ1) is 10.1. The number of nitrogens with zero attached hydrogens (tertiary/aromatic N) is 3. The highest BCUT2D eigenvalue weighted by molar-refractivity contribution is 5.77. The minimum Gasteiger partial charge on any atom is -0.484 e. The number of carbonyl (C=O) groups excluding carboxylic acids is 1. The molecule has 0 radical (unpaired) electrons. The summed E-state index contributed by atoms with van der Waals surface area (Å²) >= 11 is 0. The number of nitrogens with two attached hydrogens (primary N) is 1. The van der Waals surface area contributed by atoms with Crippen molar-refractivity contribution in [1.29, 1.82) is 0 Å². The normalized spacial score (nSPS) is 10.4. The molecule has 0 bridgehead atoms. The molecule has 2 rings (SSSR count). The first kappa shape index (κ1) is 15.0. The molecule has 0 aliphatic heterocycles. The molecule has 7 heteroatoms. The lowest BCUT2D eigenvalue weighted by Crippen LogP contribution is -2.31. The van der Waals surface area contributed by atoms with Gasteiger partial charge in [0.05, 0.1) is 6.54 Å². The number of benzene rings is 1. The Morgan fingerprint density at radius 2 is 2.10 bits per heavy atom. The molecule has 0 atom stereocenters. The van der Waals surface area contributed by atoms with Crippen LogP contribution < -0.4 is 10.5 Å². The van der Waals surface area contributed by atoms with Crippen LogP contribution in [0, 0.1) is 6.92 Å². The van der Waals surface area contributed by atoms with Gasteiger partial charge in [-0.25, -0.2) is 4.98 Å². The number of ether oxygens (including phenoxy) is 1. The zero-order chi connectivity index (χ0) is 15.2. The van der Waals surface area contributed by atoms with Crippen LogP contribution in [0.5, 0.6) is 5.75 Å². The van der Waals surface area contributed by atoms with Gasteiger partial charge in [-0.1, -0.05) is 12.1 Å². The quantitative estimate of drug-likeness (QED) is 0.812. The summed E-state index contributed by atoms with van der Waals surface area (Å²) in [7, 11) is 1.69. The number of aromatic amines is 1. The van der Waals surface area contributed by atoms with Crippen LogP contribution in [0.1, 0.15) is 17.2 Å². The molecule has 0 saturated carbocycles. The maximum atomic E-state index is 12.0. The van der Waals surface area contributed by atoms with E-state index < -0.39 is 0 Å². The number of rotatable bonds is 6. The van der Waals surface area contributed by atoms with Gasteiger partial charge in [0, 0.05) is 13.6 Å². The van der Waals surface area contributed by atoms with Crippen LogP contribution in [0.2, 0.25) is 0 Å². The van der Waals surface area contributed by atoms with Gasteiger partial charge in [0.15, 0.2) is 12.4 Å². The Bertz CT molecular complexity index is 594. The maximum Gasteiger partial charge on any atom is 0.260 e. The van der Waals surface area contributed by atoms with Crippen molar-refractivity contribution >= 4 is 5.91 Å². The van der Waals surface area contributed by atoms with Crippen LogP contribution in [0.3, 0.4) is 0 Å². The third-order valence-electron chi connectivity index (χ3n) is 2.97. The lowest BCUT2D eigenvalue weighted by atomic mass is 10.2. The van der Waals surface area contributed by atoms with E-state index in [1.165, 1.54) is 4.90 Å². The van der Waals surface area contributed by atoms with E-state index in [1.54, 1.807) is 19.2 Å². The third kappa shape index (κ3) is 4.28. The summed E-state index contributed by atoms with van der Waals surface area (Å²) in [4.78, 5) is 17.6. The van der Waals surface area contributed by atoms with Gasteiger partial charge < -0.3 is 15.4 Å². The van der Waals surface area contributed by atoms with Gasteiger partial charge in [0.2, 0.25) is 0 Å². The molecule has 2 aromatic rings. The number of hydrogen-bond donors (Lipinski definition) is 2. The van der Waals surface area contributed by atoms with Crippen LogP contribution >= 0.6 is 0 Å². The Morgan fingerprint density at radius 1 is 1.38 bits per heavy atom. The van der Waals surface area contributed by atoms with Crippen molar-refractivity contribution in [2.24, 2.45) is 5.73 Å². The molecule has 1 aromatic carbocycles. The molecule has 0 saturated heterocycles. The minimum absolute atomic E-state index is 0.0259. The summed E-state index contributed by atoms with van der Waals surface area (Å²) in [5.41, 5.74) is 6.54. The van der Waals surface area contributed by atoms with Crippen LogP contribution in [0.15, 0.2) is 24.3 Å². The van der Waals surface area contributed by atoms with Crippen molar-refractivity contribution in [3.63, 3.8) is 0 Å². The van der Waals surface area contributed by atoms with E-state index in [4.69, 9.17) is 10.5 Å². The van der Waals surface area contributed by atoms with E-state index in [1.807, 2.05) is 19.1 Å². The highest BCUT2D eigenvalue weighted by Gasteiger charge is 2.12. The predicted molar refractivity (Wildman–Crippen MR) is 77.4 cm³/mol. The molecule has 0 unspecified atom stereocenters. The summed E-state index contributed by atoms with van der Waals surface area (Å²) in [5, 5.41) is 6.73. The average Bonchev–Trinajstić information content (AvgIpc) is 2.90. The smallest absolute Gasteiger partial charge is 0.260 e. The lowest BCUT2D eigenvalue weighted by Gasteiger charge is -2.15. The SMILES string of the molecule is Cc1nc(CN(C)C(=O)COc2ccc(CN)cc2)n[nH]1. The van der Waals surface area contributed by atoms with E-state index in [2.05, 4.69) is 15.2 Å². The Balaban J connectivity index is 1.82. The Kier molecular flexibility index (Phi) is 4.89. The third-order valence-corrected chi connectivity index (χ3v) is 2.97. The molecule has 7 nitrogen and oxygen atoms in total. The number of aryl methyl sites for hydroxylation is 1. The number of aromatic nitrogens is 3. The number of carbonyl (C=O) groups is 1. The van der Waals surface area contributed by atoms with Crippen molar-refractivity contribution < 1.29 is 9.53 Å².